The molecule has 0 fully saturated rings. The molecular formula is C52H34N2. The third kappa shape index (κ3) is 4.74. The second kappa shape index (κ2) is 12.2. The van der Waals surface area contributed by atoms with Gasteiger partial charge in [-0.2, -0.15) is 0 Å². The van der Waals surface area contributed by atoms with Crippen LogP contribution in [-0.2, 0) is 0 Å². The second-order valence-electron chi connectivity index (χ2n) is 13.8. The summed E-state index contributed by atoms with van der Waals surface area (Å²) in [5.74, 6) is 0. The van der Waals surface area contributed by atoms with Crippen molar-refractivity contribution in [2.45, 2.75) is 0 Å². The molecule has 252 valence electrons. The predicted molar refractivity (Wildman–Crippen MR) is 231 cm³/mol. The Balaban J connectivity index is 1.18. The molecule has 2 heteroatoms. The number of hydrogen-bond acceptors (Lipinski definition) is 1. The summed E-state index contributed by atoms with van der Waals surface area (Å²) in [6.07, 6.45) is 0. The van der Waals surface area contributed by atoms with Gasteiger partial charge in [-0.1, -0.05) is 146 Å². The minimum Gasteiger partial charge on any atom is -0.310 e. The fourth-order valence-electron chi connectivity index (χ4n) is 8.37. The van der Waals surface area contributed by atoms with Gasteiger partial charge in [-0.25, -0.2) is 0 Å². The van der Waals surface area contributed by atoms with Gasteiger partial charge in [0.1, 0.15) is 0 Å². The number of benzene rings is 10. The summed E-state index contributed by atoms with van der Waals surface area (Å²) in [4.78, 5) is 1.92. The van der Waals surface area contributed by atoms with Crippen LogP contribution < -0.4 is 4.90 Å². The van der Waals surface area contributed by atoms with E-state index in [2.05, 4.69) is 108 Å². The first-order valence-corrected chi connectivity index (χ1v) is 18.3. The van der Waals surface area contributed by atoms with Crippen molar-refractivity contribution in [1.29, 1.82) is 0 Å². The molecule has 1 heterocycles. The smallest absolute Gasteiger partial charge is 0.0645 e. The molecule has 11 rings (SSSR count). The van der Waals surface area contributed by atoms with Crippen LogP contribution in [0.5, 0.6) is 0 Å². The van der Waals surface area contributed by atoms with Gasteiger partial charge in [0.05, 0.1) is 22.2 Å². The van der Waals surface area contributed by atoms with E-state index in [4.69, 9.17) is 0 Å². The average molecular weight is 691 g/mol. The summed E-state index contributed by atoms with van der Waals surface area (Å²) in [6.45, 7) is 0. The van der Waals surface area contributed by atoms with E-state index >= 15 is 0 Å². The molecule has 0 atom stereocenters. The summed E-state index contributed by atoms with van der Waals surface area (Å²) in [5, 5.41) is 10.4. The predicted octanol–water partition coefficient (Wildman–Crippen LogP) is 14.5. The van der Waals surface area contributed by atoms with Crippen LogP contribution in [0.4, 0.5) is 17.1 Å². The van der Waals surface area contributed by atoms with E-state index in [1.165, 1.54) is 10.8 Å². The monoisotopic (exact) mass is 690 g/mol. The Morgan fingerprint density at radius 1 is 0.370 bits per heavy atom. The van der Waals surface area contributed by atoms with Crippen molar-refractivity contribution < 1.29 is 5.48 Å². The Morgan fingerprint density at radius 2 is 0.833 bits per heavy atom. The van der Waals surface area contributed by atoms with E-state index in [0.717, 1.165) is 71.2 Å². The van der Waals surface area contributed by atoms with Gasteiger partial charge in [-0.3, -0.25) is 0 Å². The first-order valence-electron chi connectivity index (χ1n) is 20.3. The SMILES string of the molecule is [2H]c1c([2H])c(N(c2ccc(-n3c4ccccc4c4ccccc43)cc2)c2cc3ccccc3c3ccccc23)c([2H])c([2H])c1-c1cc2ccccc2c2ccccc12. The van der Waals surface area contributed by atoms with E-state index in [-0.39, 0.29) is 35.4 Å². The maximum atomic E-state index is 9.79. The van der Waals surface area contributed by atoms with Crippen LogP contribution in [0, 0.1) is 0 Å². The molecule has 10 aromatic carbocycles. The molecule has 1 aromatic heterocycles. The number of aromatic nitrogens is 1. The van der Waals surface area contributed by atoms with E-state index in [9.17, 15) is 5.48 Å². The third-order valence-electron chi connectivity index (χ3n) is 10.8. The standard InChI is InChI=1S/C52H34N2/c1-3-15-41-36(13-1)33-49(45-19-6-5-17-43(41)45)35-25-27-38(28-26-35)53(52-34-37-14-2-4-16-42(37)44-18-7-8-20-46(44)52)39-29-31-40(32-30-39)54-50-23-11-9-21-47(50)48-22-10-12-24-51(48)54/h1-34H/i25D,26D,27D,28D. The lowest BCUT2D eigenvalue weighted by molar-refractivity contribution is 1.17. The molecule has 54 heavy (non-hydrogen) atoms. The van der Waals surface area contributed by atoms with Gasteiger partial charge in [0.15, 0.2) is 0 Å². The molecule has 0 radical (unpaired) electrons. The minimum absolute atomic E-state index is 0.0894. The van der Waals surface area contributed by atoms with Crippen LogP contribution in [0.2, 0.25) is 0 Å². The number of fused-ring (bicyclic) bond motifs is 9. The van der Waals surface area contributed by atoms with E-state index in [0.29, 0.717) is 5.56 Å². The molecule has 0 aliphatic rings. The maximum absolute atomic E-state index is 9.79. The maximum Gasteiger partial charge on any atom is 0.0645 e. The summed E-state index contributed by atoms with van der Waals surface area (Å²) in [6, 6.07) is 61.4. The molecule has 0 saturated heterocycles. The summed E-state index contributed by atoms with van der Waals surface area (Å²) in [5.41, 5.74) is 5.81. The molecule has 0 saturated carbocycles. The zero-order valence-electron chi connectivity index (χ0n) is 33.2. The lowest BCUT2D eigenvalue weighted by Crippen LogP contribution is -2.11. The Labute approximate surface area is 319 Å². The largest absolute Gasteiger partial charge is 0.310 e. The van der Waals surface area contributed by atoms with Crippen LogP contribution >= 0.6 is 0 Å². The fraction of sp³-hybridized carbons (Fsp3) is 0. The molecule has 0 aliphatic heterocycles. The van der Waals surface area contributed by atoms with Crippen molar-refractivity contribution in [2.24, 2.45) is 0 Å². The highest BCUT2D eigenvalue weighted by Gasteiger charge is 2.19. The van der Waals surface area contributed by atoms with E-state index in [1.54, 1.807) is 0 Å². The minimum atomic E-state index is -0.114. The van der Waals surface area contributed by atoms with Crippen LogP contribution in [0.3, 0.4) is 0 Å². The van der Waals surface area contributed by atoms with E-state index in [1.807, 2.05) is 83.8 Å². The summed E-state index contributed by atoms with van der Waals surface area (Å²) >= 11 is 0. The quantitative estimate of drug-likeness (QED) is 0.163. The van der Waals surface area contributed by atoms with Crippen molar-refractivity contribution in [3.63, 3.8) is 0 Å². The molecule has 11 aromatic rings. The Hall–Kier alpha value is -7.16. The second-order valence-corrected chi connectivity index (χ2v) is 13.8. The Morgan fingerprint density at radius 3 is 1.44 bits per heavy atom. The third-order valence-corrected chi connectivity index (χ3v) is 10.8. The molecule has 0 spiro atoms. The molecular weight excluding hydrogens is 653 g/mol. The molecule has 0 amide bonds. The Kier molecular flexibility index (Phi) is 6.02. The van der Waals surface area contributed by atoms with Gasteiger partial charge in [0, 0.05) is 33.2 Å². The van der Waals surface area contributed by atoms with Gasteiger partial charge in [0.25, 0.3) is 0 Å². The molecule has 0 aliphatic carbocycles. The van der Waals surface area contributed by atoms with Gasteiger partial charge in [0.2, 0.25) is 0 Å². The van der Waals surface area contributed by atoms with Crippen molar-refractivity contribution in [3.05, 3.63) is 206 Å². The van der Waals surface area contributed by atoms with Gasteiger partial charge < -0.3 is 9.47 Å². The number of rotatable bonds is 5. The first-order chi connectivity index (χ1) is 28.5. The zero-order valence-corrected chi connectivity index (χ0v) is 29.2. The highest BCUT2D eigenvalue weighted by molar-refractivity contribution is 6.16. The van der Waals surface area contributed by atoms with Gasteiger partial charge >= 0.3 is 0 Å². The first kappa shape index (κ1) is 26.6. The number of anilines is 3. The highest BCUT2D eigenvalue weighted by Crippen LogP contribution is 2.44. The van der Waals surface area contributed by atoms with Crippen LogP contribution in [0.1, 0.15) is 5.48 Å². The lowest BCUT2D eigenvalue weighted by atomic mass is 9.93. The number of nitrogens with zero attached hydrogens (tertiary/aromatic N) is 2. The molecule has 0 unspecified atom stereocenters. The average Bonchev–Trinajstić information content (AvgIpc) is 3.61. The van der Waals surface area contributed by atoms with Crippen molar-refractivity contribution in [2.75, 3.05) is 4.90 Å². The van der Waals surface area contributed by atoms with Crippen molar-refractivity contribution >= 4 is 82.0 Å². The van der Waals surface area contributed by atoms with Crippen molar-refractivity contribution in [3.8, 4) is 16.8 Å². The van der Waals surface area contributed by atoms with Crippen LogP contribution in [0.15, 0.2) is 206 Å². The van der Waals surface area contributed by atoms with Crippen molar-refractivity contribution in [1.82, 2.24) is 4.57 Å². The van der Waals surface area contributed by atoms with E-state index < -0.39 is 0 Å². The van der Waals surface area contributed by atoms with Gasteiger partial charge in [-0.15, -0.1) is 0 Å². The molecule has 0 N–H and O–H groups in total. The van der Waals surface area contributed by atoms with Gasteiger partial charge in [-0.05, 0) is 109 Å². The molecule has 0 bridgehead atoms. The highest BCUT2D eigenvalue weighted by atomic mass is 15.1. The lowest BCUT2D eigenvalue weighted by Gasteiger charge is -2.28. The summed E-state index contributed by atoms with van der Waals surface area (Å²) in [7, 11) is 0. The molecule has 2 nitrogen and oxygen atoms in total. The Bertz CT molecular complexity index is 3380. The number of hydrogen-bond donors (Lipinski definition) is 0. The fourth-order valence-corrected chi connectivity index (χ4v) is 8.37. The zero-order chi connectivity index (χ0) is 39.1. The van der Waals surface area contributed by atoms with Crippen LogP contribution in [0.25, 0.3) is 81.7 Å². The topological polar surface area (TPSA) is 8.17 Å². The number of para-hydroxylation sites is 2. The summed E-state index contributed by atoms with van der Waals surface area (Å²) < 4.78 is 41.2. The normalized spacial score (nSPS) is 12.7. The van der Waals surface area contributed by atoms with Crippen LogP contribution in [-0.4, -0.2) is 4.57 Å².